The molecule has 1 heterocycles. The number of likely N-dealkylation sites (tertiary alicyclic amines) is 1. The van der Waals surface area contributed by atoms with Gasteiger partial charge in [-0.3, -0.25) is 9.59 Å². The molecule has 6 heteroatoms. The average Bonchev–Trinajstić information content (AvgIpc) is 2.82. The molecule has 0 unspecified atom stereocenters. The monoisotopic (exact) mass is 332 g/mol. The van der Waals surface area contributed by atoms with E-state index < -0.39 is 12.1 Å². The topological polar surface area (TPSA) is 75.7 Å². The Hall–Kier alpha value is -2.37. The molecule has 0 spiro atoms. The Balaban J connectivity index is 1.97. The van der Waals surface area contributed by atoms with E-state index >= 15 is 0 Å². The molecule has 1 aromatic carbocycles. The number of benzene rings is 1. The van der Waals surface area contributed by atoms with Crippen LogP contribution in [0.2, 0.25) is 0 Å². The van der Waals surface area contributed by atoms with Gasteiger partial charge in [0.25, 0.3) is 5.91 Å². The third-order valence-electron chi connectivity index (χ3n) is 3.97. The Morgan fingerprint density at radius 3 is 2.42 bits per heavy atom. The van der Waals surface area contributed by atoms with Crippen LogP contribution in [-0.4, -0.2) is 41.9 Å². The molecule has 0 bridgehead atoms. The minimum absolute atomic E-state index is 0.150. The van der Waals surface area contributed by atoms with Gasteiger partial charge in [-0.05, 0) is 38.0 Å². The molecule has 2 rings (SSSR count). The first-order valence-corrected chi connectivity index (χ1v) is 8.35. The van der Waals surface area contributed by atoms with Crippen LogP contribution in [0.5, 0.6) is 0 Å². The lowest BCUT2D eigenvalue weighted by molar-refractivity contribution is -0.139. The summed E-state index contributed by atoms with van der Waals surface area (Å²) in [6, 6.07) is 6.47. The first kappa shape index (κ1) is 18.0. The van der Waals surface area contributed by atoms with E-state index in [1.807, 2.05) is 0 Å². The van der Waals surface area contributed by atoms with Gasteiger partial charge < -0.3 is 15.0 Å². The zero-order valence-corrected chi connectivity index (χ0v) is 14.2. The van der Waals surface area contributed by atoms with Gasteiger partial charge in [-0.25, -0.2) is 4.79 Å². The molecule has 0 aromatic heterocycles. The Kier molecular flexibility index (Phi) is 6.35. The van der Waals surface area contributed by atoms with Crippen LogP contribution in [-0.2, 0) is 14.3 Å². The van der Waals surface area contributed by atoms with Gasteiger partial charge in [-0.2, -0.15) is 0 Å². The molecule has 1 aliphatic heterocycles. The summed E-state index contributed by atoms with van der Waals surface area (Å²) in [7, 11) is 0. The summed E-state index contributed by atoms with van der Waals surface area (Å²) in [5.74, 6) is -0.939. The number of anilines is 1. The van der Waals surface area contributed by atoms with E-state index in [1.165, 1.54) is 13.0 Å². The highest BCUT2D eigenvalue weighted by Gasteiger charge is 2.25. The maximum Gasteiger partial charge on any atom is 0.338 e. The van der Waals surface area contributed by atoms with Gasteiger partial charge in [0, 0.05) is 25.7 Å². The van der Waals surface area contributed by atoms with E-state index in [1.54, 1.807) is 30.0 Å². The number of hydrogen-bond acceptors (Lipinski definition) is 4. The summed E-state index contributed by atoms with van der Waals surface area (Å²) >= 11 is 0. The molecular formula is C18H24N2O4. The van der Waals surface area contributed by atoms with Crippen LogP contribution in [0.1, 0.15) is 49.9 Å². The fraction of sp³-hybridized carbons (Fsp3) is 0.500. The number of nitrogens with one attached hydrogen (secondary N) is 1. The zero-order chi connectivity index (χ0) is 17.5. The molecule has 0 aliphatic carbocycles. The molecule has 1 saturated heterocycles. The van der Waals surface area contributed by atoms with Gasteiger partial charge >= 0.3 is 5.97 Å². The van der Waals surface area contributed by atoms with Gasteiger partial charge in [-0.15, -0.1) is 0 Å². The van der Waals surface area contributed by atoms with Crippen LogP contribution in [0.3, 0.4) is 0 Å². The third kappa shape index (κ3) is 5.08. The number of nitrogens with zero attached hydrogens (tertiary/aromatic N) is 1. The second-order valence-electron chi connectivity index (χ2n) is 6.05. The number of rotatable bonds is 4. The van der Waals surface area contributed by atoms with Crippen LogP contribution in [0.4, 0.5) is 5.69 Å². The van der Waals surface area contributed by atoms with Crippen molar-refractivity contribution in [1.82, 2.24) is 4.90 Å². The minimum Gasteiger partial charge on any atom is -0.449 e. The first-order valence-electron chi connectivity index (χ1n) is 8.35. The molecule has 1 N–H and O–H groups in total. The molecule has 1 fully saturated rings. The smallest absolute Gasteiger partial charge is 0.338 e. The molecule has 0 radical (unpaired) electrons. The van der Waals surface area contributed by atoms with Crippen LogP contribution in [0.25, 0.3) is 0 Å². The van der Waals surface area contributed by atoms with Crippen LogP contribution < -0.4 is 5.32 Å². The highest BCUT2D eigenvalue weighted by atomic mass is 16.5. The average molecular weight is 332 g/mol. The number of hydrogen-bond donors (Lipinski definition) is 1. The van der Waals surface area contributed by atoms with Crippen molar-refractivity contribution in [2.24, 2.45) is 0 Å². The molecule has 24 heavy (non-hydrogen) atoms. The first-order chi connectivity index (χ1) is 11.5. The van der Waals surface area contributed by atoms with E-state index in [0.717, 1.165) is 38.8 Å². The Bertz CT molecular complexity index is 607. The maximum absolute atomic E-state index is 12.4. The summed E-state index contributed by atoms with van der Waals surface area (Å²) in [5.41, 5.74) is 0.820. The fourth-order valence-electron chi connectivity index (χ4n) is 2.75. The normalized spacial score (nSPS) is 16.0. The van der Waals surface area contributed by atoms with Crippen molar-refractivity contribution in [2.45, 2.75) is 45.6 Å². The van der Waals surface area contributed by atoms with Crippen molar-refractivity contribution < 1.29 is 19.1 Å². The Morgan fingerprint density at radius 2 is 1.79 bits per heavy atom. The van der Waals surface area contributed by atoms with Gasteiger partial charge in [0.1, 0.15) is 0 Å². The van der Waals surface area contributed by atoms with Gasteiger partial charge in [0.05, 0.1) is 5.56 Å². The van der Waals surface area contributed by atoms with Gasteiger partial charge in [0.15, 0.2) is 6.10 Å². The van der Waals surface area contributed by atoms with Gasteiger partial charge in [0.2, 0.25) is 5.91 Å². The van der Waals surface area contributed by atoms with Crippen molar-refractivity contribution in [1.29, 1.82) is 0 Å². The number of esters is 1. The van der Waals surface area contributed by atoms with E-state index in [-0.39, 0.29) is 11.8 Å². The summed E-state index contributed by atoms with van der Waals surface area (Å²) < 4.78 is 5.31. The van der Waals surface area contributed by atoms with Gasteiger partial charge in [-0.1, -0.05) is 18.9 Å². The molecule has 2 amide bonds. The molecule has 130 valence electrons. The summed E-state index contributed by atoms with van der Waals surface area (Å²) in [6.07, 6.45) is 3.43. The van der Waals surface area contributed by atoms with E-state index in [0.29, 0.717) is 11.3 Å². The standard InChI is InChI=1S/C18H24N2O4/c1-13(17(22)20-10-5-3-4-6-11-20)24-18(23)15-8-7-9-16(12-15)19-14(2)21/h7-9,12-13H,3-6,10-11H2,1-2H3,(H,19,21)/t13-/m0/s1. The molecule has 1 aliphatic rings. The molecule has 1 atom stereocenters. The van der Waals surface area contributed by atoms with Crippen molar-refractivity contribution in [3.63, 3.8) is 0 Å². The lowest BCUT2D eigenvalue weighted by atomic mass is 10.2. The van der Waals surface area contributed by atoms with Crippen molar-refractivity contribution in [3.05, 3.63) is 29.8 Å². The van der Waals surface area contributed by atoms with Crippen molar-refractivity contribution in [3.8, 4) is 0 Å². The number of carbonyl (C=O) groups is 3. The highest BCUT2D eigenvalue weighted by Crippen LogP contribution is 2.15. The number of amides is 2. The van der Waals surface area contributed by atoms with Crippen LogP contribution in [0, 0.1) is 0 Å². The van der Waals surface area contributed by atoms with Crippen LogP contribution in [0.15, 0.2) is 24.3 Å². The SMILES string of the molecule is CC(=O)Nc1cccc(C(=O)O[C@@H](C)C(=O)N2CCCCCC2)c1. The lowest BCUT2D eigenvalue weighted by Gasteiger charge is -2.24. The molecule has 1 aromatic rings. The van der Waals surface area contributed by atoms with E-state index in [4.69, 9.17) is 4.74 Å². The second-order valence-corrected chi connectivity index (χ2v) is 6.05. The van der Waals surface area contributed by atoms with Crippen molar-refractivity contribution in [2.75, 3.05) is 18.4 Å². The second kappa shape index (κ2) is 8.47. The van der Waals surface area contributed by atoms with E-state index in [2.05, 4.69) is 5.32 Å². The quantitative estimate of drug-likeness (QED) is 0.860. The molecule has 0 saturated carbocycles. The predicted octanol–water partition coefficient (Wildman–Crippen LogP) is 2.59. The minimum atomic E-state index is -0.819. The highest BCUT2D eigenvalue weighted by molar-refractivity contribution is 5.95. The van der Waals surface area contributed by atoms with E-state index in [9.17, 15) is 14.4 Å². The predicted molar refractivity (Wildman–Crippen MR) is 90.7 cm³/mol. The maximum atomic E-state index is 12.4. The fourth-order valence-corrected chi connectivity index (χ4v) is 2.75. The number of carbonyl (C=O) groups excluding carboxylic acids is 3. The Labute approximate surface area is 142 Å². The van der Waals surface area contributed by atoms with Crippen molar-refractivity contribution >= 4 is 23.5 Å². The third-order valence-corrected chi connectivity index (χ3v) is 3.97. The summed E-state index contributed by atoms with van der Waals surface area (Å²) in [5, 5.41) is 2.61. The molecular weight excluding hydrogens is 308 g/mol. The largest absolute Gasteiger partial charge is 0.449 e. The molecule has 6 nitrogen and oxygen atoms in total. The Morgan fingerprint density at radius 1 is 1.12 bits per heavy atom. The summed E-state index contributed by atoms with van der Waals surface area (Å²) in [6.45, 7) is 4.44. The summed E-state index contributed by atoms with van der Waals surface area (Å²) in [4.78, 5) is 37.5. The van der Waals surface area contributed by atoms with Crippen LogP contribution >= 0.6 is 0 Å². The lowest BCUT2D eigenvalue weighted by Crippen LogP contribution is -2.40. The zero-order valence-electron chi connectivity index (χ0n) is 14.2. The number of ether oxygens (including phenoxy) is 1.